The van der Waals surface area contributed by atoms with E-state index < -0.39 is 0 Å². The predicted octanol–water partition coefficient (Wildman–Crippen LogP) is 16.9. The molecule has 11 aromatic carbocycles. The number of para-hydroxylation sites is 2. The van der Waals surface area contributed by atoms with Gasteiger partial charge in [-0.25, -0.2) is 15.0 Å². The molecule has 0 radical (unpaired) electrons. The molecule has 0 aliphatic rings. The molecule has 6 heteroatoms. The van der Waals surface area contributed by atoms with Crippen molar-refractivity contribution in [1.82, 2.24) is 19.5 Å². The van der Waals surface area contributed by atoms with Crippen molar-refractivity contribution in [2.45, 2.75) is 0 Å². The zero-order chi connectivity index (χ0) is 45.2. The van der Waals surface area contributed by atoms with E-state index in [1.54, 1.807) is 0 Å². The molecular formula is C63H36N4O2. The molecule has 15 aromatic rings. The first-order valence-electron chi connectivity index (χ1n) is 23.3. The van der Waals surface area contributed by atoms with Gasteiger partial charge in [0, 0.05) is 48.8 Å². The van der Waals surface area contributed by atoms with Crippen molar-refractivity contribution in [2.75, 3.05) is 0 Å². The van der Waals surface area contributed by atoms with Crippen LogP contribution in [-0.2, 0) is 0 Å². The van der Waals surface area contributed by atoms with E-state index in [9.17, 15) is 0 Å². The van der Waals surface area contributed by atoms with Gasteiger partial charge in [-0.15, -0.1) is 0 Å². The lowest BCUT2D eigenvalue weighted by molar-refractivity contribution is 0.669. The molecule has 15 rings (SSSR count). The van der Waals surface area contributed by atoms with E-state index in [4.69, 9.17) is 23.8 Å². The Balaban J connectivity index is 1.15. The summed E-state index contributed by atoms with van der Waals surface area (Å²) in [7, 11) is 0. The summed E-state index contributed by atoms with van der Waals surface area (Å²) < 4.78 is 16.0. The van der Waals surface area contributed by atoms with E-state index in [1.807, 2.05) is 36.4 Å². The van der Waals surface area contributed by atoms with Gasteiger partial charge in [-0.05, 0) is 69.1 Å². The van der Waals surface area contributed by atoms with Crippen LogP contribution in [0.3, 0.4) is 0 Å². The second-order valence-electron chi connectivity index (χ2n) is 17.8. The predicted molar refractivity (Wildman–Crippen MR) is 283 cm³/mol. The highest BCUT2D eigenvalue weighted by Gasteiger charge is 2.29. The molecule has 4 aromatic heterocycles. The van der Waals surface area contributed by atoms with Crippen LogP contribution in [0.2, 0.25) is 0 Å². The van der Waals surface area contributed by atoms with Crippen molar-refractivity contribution in [1.29, 1.82) is 0 Å². The summed E-state index contributed by atoms with van der Waals surface area (Å²) in [5.41, 5.74) is 11.1. The smallest absolute Gasteiger partial charge is 0.166 e. The normalized spacial score (nSPS) is 12.1. The lowest BCUT2D eigenvalue weighted by Gasteiger charge is -2.19. The van der Waals surface area contributed by atoms with E-state index in [-0.39, 0.29) is 0 Å². The number of fused-ring (bicyclic) bond motifs is 14. The van der Waals surface area contributed by atoms with Gasteiger partial charge in [0.1, 0.15) is 22.3 Å². The van der Waals surface area contributed by atoms with Crippen LogP contribution in [0.1, 0.15) is 0 Å². The molecule has 0 aliphatic heterocycles. The van der Waals surface area contributed by atoms with Crippen molar-refractivity contribution in [3.05, 3.63) is 218 Å². The fraction of sp³-hybridized carbons (Fsp3) is 0. The van der Waals surface area contributed by atoms with Gasteiger partial charge in [0.15, 0.2) is 17.5 Å². The van der Waals surface area contributed by atoms with Gasteiger partial charge in [-0.3, -0.25) is 0 Å². The molecule has 69 heavy (non-hydrogen) atoms. The van der Waals surface area contributed by atoms with E-state index in [0.717, 1.165) is 126 Å². The summed E-state index contributed by atoms with van der Waals surface area (Å²) in [6, 6.07) is 76.7. The molecule has 0 saturated heterocycles. The standard InChI is InChI=1S/C63H36N4O2/c1-2-16-37(17-3-1)39-21-14-22-42(34-39)61-64-62(49-28-15-31-54-55(49)47-26-10-12-29-52(47)68-54)66-63(65-61)57-44-24-8-9-25-46(44)60-56(48-27-11-13-30-53(48)69-60)59(57)67-51-36-41-20-5-4-19-40(41)35-50(51)45-33-32-38-18-6-7-23-43(38)58(45)67/h1-36H. The molecule has 0 N–H and O–H groups in total. The topological polar surface area (TPSA) is 69.9 Å². The summed E-state index contributed by atoms with van der Waals surface area (Å²) in [5.74, 6) is 1.64. The first-order chi connectivity index (χ1) is 34.2. The molecule has 0 amide bonds. The van der Waals surface area contributed by atoms with Crippen LogP contribution in [0.15, 0.2) is 227 Å². The minimum absolute atomic E-state index is 0.541. The molecule has 0 unspecified atom stereocenters. The van der Waals surface area contributed by atoms with Gasteiger partial charge in [0.2, 0.25) is 0 Å². The Morgan fingerprint density at radius 2 is 0.928 bits per heavy atom. The minimum atomic E-state index is 0.541. The van der Waals surface area contributed by atoms with Gasteiger partial charge in [0.05, 0.1) is 27.7 Å². The largest absolute Gasteiger partial charge is 0.456 e. The van der Waals surface area contributed by atoms with Crippen molar-refractivity contribution in [3.63, 3.8) is 0 Å². The molecule has 4 heterocycles. The van der Waals surface area contributed by atoms with Crippen LogP contribution in [0.5, 0.6) is 0 Å². The van der Waals surface area contributed by atoms with Crippen molar-refractivity contribution < 1.29 is 8.83 Å². The maximum atomic E-state index is 7.02. The third-order valence-corrected chi connectivity index (χ3v) is 14.0. The van der Waals surface area contributed by atoms with Crippen LogP contribution in [0, 0.1) is 0 Å². The monoisotopic (exact) mass is 880 g/mol. The van der Waals surface area contributed by atoms with Crippen molar-refractivity contribution >= 4 is 98.0 Å². The zero-order valence-corrected chi connectivity index (χ0v) is 36.9. The Bertz CT molecular complexity index is 4620. The first kappa shape index (κ1) is 37.8. The van der Waals surface area contributed by atoms with Gasteiger partial charge in [-0.1, -0.05) is 182 Å². The van der Waals surface area contributed by atoms with Crippen molar-refractivity contribution in [2.24, 2.45) is 0 Å². The van der Waals surface area contributed by atoms with Gasteiger partial charge in [0.25, 0.3) is 0 Å². The summed E-state index contributed by atoms with van der Waals surface area (Å²) in [5, 5.41) is 12.8. The van der Waals surface area contributed by atoms with Gasteiger partial charge >= 0.3 is 0 Å². The van der Waals surface area contributed by atoms with E-state index in [1.165, 1.54) is 5.39 Å². The fourth-order valence-electron chi connectivity index (χ4n) is 10.9. The molecule has 0 spiro atoms. The number of benzene rings is 11. The molecule has 0 atom stereocenters. The average molecular weight is 881 g/mol. The zero-order valence-electron chi connectivity index (χ0n) is 36.9. The highest BCUT2D eigenvalue weighted by atomic mass is 16.3. The van der Waals surface area contributed by atoms with Crippen molar-refractivity contribution in [3.8, 4) is 51.0 Å². The molecule has 0 aliphatic carbocycles. The Hall–Kier alpha value is -9.39. The second-order valence-corrected chi connectivity index (χ2v) is 17.8. The van der Waals surface area contributed by atoms with E-state index >= 15 is 0 Å². The summed E-state index contributed by atoms with van der Waals surface area (Å²) in [6.07, 6.45) is 0. The van der Waals surface area contributed by atoms with Gasteiger partial charge < -0.3 is 13.4 Å². The van der Waals surface area contributed by atoms with Crippen LogP contribution in [0.25, 0.3) is 149 Å². The quantitative estimate of drug-likeness (QED) is 0.172. The third kappa shape index (κ3) is 5.63. The molecule has 0 saturated carbocycles. The number of nitrogens with zero attached hydrogens (tertiary/aromatic N) is 4. The third-order valence-electron chi connectivity index (χ3n) is 14.0. The highest BCUT2D eigenvalue weighted by molar-refractivity contribution is 6.27. The number of hydrogen-bond acceptors (Lipinski definition) is 5. The van der Waals surface area contributed by atoms with E-state index in [0.29, 0.717) is 17.5 Å². The fourth-order valence-corrected chi connectivity index (χ4v) is 10.9. The lowest BCUT2D eigenvalue weighted by atomic mass is 9.96. The number of furan rings is 2. The molecular weight excluding hydrogens is 845 g/mol. The number of hydrogen-bond donors (Lipinski definition) is 0. The van der Waals surface area contributed by atoms with Crippen LogP contribution < -0.4 is 0 Å². The Kier molecular flexibility index (Phi) is 7.97. The average Bonchev–Trinajstić information content (AvgIpc) is 4.10. The number of aromatic nitrogens is 4. The number of rotatable bonds is 5. The SMILES string of the molecule is c1ccc(-c2cccc(-c3nc(-c4c(-n5c6cc7ccccc7cc6c6ccc7ccccc7c65)c5c6ccccc6oc5c5ccccc45)nc(-c4cccc5oc6ccccc6c45)n3)c2)cc1. The first-order valence-corrected chi connectivity index (χ1v) is 23.3. The molecule has 6 nitrogen and oxygen atoms in total. The lowest BCUT2D eigenvalue weighted by Crippen LogP contribution is -2.05. The Morgan fingerprint density at radius 1 is 0.333 bits per heavy atom. The Morgan fingerprint density at radius 3 is 1.75 bits per heavy atom. The van der Waals surface area contributed by atoms with Crippen LogP contribution >= 0.6 is 0 Å². The molecule has 0 fully saturated rings. The summed E-state index contributed by atoms with van der Waals surface area (Å²) in [4.78, 5) is 16.7. The summed E-state index contributed by atoms with van der Waals surface area (Å²) in [6.45, 7) is 0. The molecule has 320 valence electrons. The second kappa shape index (κ2) is 14.6. The molecule has 0 bridgehead atoms. The summed E-state index contributed by atoms with van der Waals surface area (Å²) >= 11 is 0. The maximum absolute atomic E-state index is 7.02. The Labute approximate surface area is 394 Å². The highest BCUT2D eigenvalue weighted by Crippen LogP contribution is 2.49. The van der Waals surface area contributed by atoms with Crippen LogP contribution in [0.4, 0.5) is 0 Å². The maximum Gasteiger partial charge on any atom is 0.166 e. The minimum Gasteiger partial charge on any atom is -0.456 e. The van der Waals surface area contributed by atoms with Gasteiger partial charge in [-0.2, -0.15) is 0 Å². The van der Waals surface area contributed by atoms with E-state index in [2.05, 4.69) is 187 Å². The van der Waals surface area contributed by atoms with Crippen LogP contribution in [-0.4, -0.2) is 19.5 Å².